The summed E-state index contributed by atoms with van der Waals surface area (Å²) in [4.78, 5) is 17.4. The van der Waals surface area contributed by atoms with Gasteiger partial charge >= 0.3 is 0 Å². The molecular formula is C16H15FN4OS. The van der Waals surface area contributed by atoms with E-state index in [1.165, 1.54) is 23.5 Å². The molecule has 2 aromatic heterocycles. The highest BCUT2D eigenvalue weighted by Crippen LogP contribution is 2.22. The summed E-state index contributed by atoms with van der Waals surface area (Å²) in [6.45, 7) is 1.77. The Morgan fingerprint density at radius 2 is 2.17 bits per heavy atom. The van der Waals surface area contributed by atoms with Crippen molar-refractivity contribution >= 4 is 22.4 Å². The highest BCUT2D eigenvalue weighted by atomic mass is 32.1. The number of nitrogens with one attached hydrogen (secondary N) is 1. The molecule has 7 heteroatoms. The summed E-state index contributed by atoms with van der Waals surface area (Å²) in [6, 6.07) is 7.72. The van der Waals surface area contributed by atoms with Crippen molar-refractivity contribution < 1.29 is 9.18 Å². The molecule has 0 saturated heterocycles. The smallest absolute Gasteiger partial charge is 0.250 e. The van der Waals surface area contributed by atoms with Crippen LogP contribution in [0.15, 0.2) is 48.9 Å². The molecule has 0 fully saturated rings. The van der Waals surface area contributed by atoms with Gasteiger partial charge in [-0.3, -0.25) is 9.48 Å². The predicted molar refractivity (Wildman–Crippen MR) is 86.9 cm³/mol. The van der Waals surface area contributed by atoms with E-state index in [0.717, 1.165) is 10.4 Å². The zero-order valence-corrected chi connectivity index (χ0v) is 13.3. The second kappa shape index (κ2) is 6.70. The maximum Gasteiger partial charge on any atom is 0.250 e. The van der Waals surface area contributed by atoms with Gasteiger partial charge in [-0.05, 0) is 30.7 Å². The lowest BCUT2D eigenvalue weighted by atomic mass is 10.1. The fraction of sp³-hybridized carbons (Fsp3) is 0.188. The van der Waals surface area contributed by atoms with E-state index in [1.807, 2.05) is 0 Å². The van der Waals surface area contributed by atoms with Gasteiger partial charge in [-0.2, -0.15) is 5.10 Å². The zero-order chi connectivity index (χ0) is 16.2. The van der Waals surface area contributed by atoms with Crippen LogP contribution in [-0.4, -0.2) is 20.7 Å². The highest BCUT2D eigenvalue weighted by Gasteiger charge is 2.16. The molecule has 0 saturated carbocycles. The summed E-state index contributed by atoms with van der Waals surface area (Å²) in [5.74, 6) is -0.421. The van der Waals surface area contributed by atoms with E-state index < -0.39 is 6.04 Å². The topological polar surface area (TPSA) is 59.8 Å². The van der Waals surface area contributed by atoms with Gasteiger partial charge in [0.15, 0.2) is 5.13 Å². The Morgan fingerprint density at radius 3 is 2.87 bits per heavy atom. The normalized spacial score (nSPS) is 12.1. The van der Waals surface area contributed by atoms with Crippen LogP contribution in [0.25, 0.3) is 0 Å². The molecule has 23 heavy (non-hydrogen) atoms. The molecule has 1 N–H and O–H groups in total. The van der Waals surface area contributed by atoms with E-state index in [1.54, 1.807) is 48.4 Å². The second-order valence-corrected chi connectivity index (χ2v) is 6.20. The maximum absolute atomic E-state index is 12.9. The molecular weight excluding hydrogens is 315 g/mol. The summed E-state index contributed by atoms with van der Waals surface area (Å²) in [5.41, 5.74) is 0.998. The van der Waals surface area contributed by atoms with Crippen LogP contribution in [0, 0.1) is 5.82 Å². The van der Waals surface area contributed by atoms with Crippen LogP contribution in [0.3, 0.4) is 0 Å². The maximum atomic E-state index is 12.9. The van der Waals surface area contributed by atoms with Crippen molar-refractivity contribution in [3.63, 3.8) is 0 Å². The number of amides is 1. The van der Waals surface area contributed by atoms with Gasteiger partial charge in [0.1, 0.15) is 11.9 Å². The third-order valence-electron chi connectivity index (χ3n) is 3.38. The van der Waals surface area contributed by atoms with Crippen molar-refractivity contribution in [1.82, 2.24) is 14.8 Å². The van der Waals surface area contributed by atoms with E-state index in [-0.39, 0.29) is 11.7 Å². The van der Waals surface area contributed by atoms with Crippen molar-refractivity contribution in [2.45, 2.75) is 19.4 Å². The fourth-order valence-corrected chi connectivity index (χ4v) is 2.94. The number of rotatable bonds is 5. The average molecular weight is 330 g/mol. The Bertz CT molecular complexity index is 783. The standard InChI is InChI=1S/C16H15FN4OS/c1-11(21-8-2-7-19-21)15(22)20-16-18-10-14(23-16)9-12-3-5-13(17)6-4-12/h2-8,10-11H,9H2,1H3,(H,18,20,22). The molecule has 3 aromatic rings. The van der Waals surface area contributed by atoms with Gasteiger partial charge in [0.05, 0.1) is 0 Å². The van der Waals surface area contributed by atoms with Gasteiger partial charge in [0.2, 0.25) is 0 Å². The van der Waals surface area contributed by atoms with Gasteiger partial charge < -0.3 is 5.32 Å². The van der Waals surface area contributed by atoms with Crippen LogP contribution in [0.4, 0.5) is 9.52 Å². The lowest BCUT2D eigenvalue weighted by molar-refractivity contribution is -0.119. The van der Waals surface area contributed by atoms with Crippen LogP contribution in [0.2, 0.25) is 0 Å². The minimum atomic E-state index is -0.408. The first-order valence-electron chi connectivity index (χ1n) is 7.11. The van der Waals surface area contributed by atoms with E-state index in [4.69, 9.17) is 0 Å². The Labute approximate surface area is 136 Å². The number of benzene rings is 1. The predicted octanol–water partition coefficient (Wildman–Crippen LogP) is 3.27. The second-order valence-electron chi connectivity index (χ2n) is 5.09. The Balaban J connectivity index is 1.63. The fourth-order valence-electron chi connectivity index (χ4n) is 2.09. The summed E-state index contributed by atoms with van der Waals surface area (Å²) in [6.07, 6.45) is 5.75. The SMILES string of the molecule is CC(C(=O)Nc1ncc(Cc2ccc(F)cc2)s1)n1cccn1. The van der Waals surface area contributed by atoms with Gasteiger partial charge in [-0.25, -0.2) is 9.37 Å². The third kappa shape index (κ3) is 3.81. The van der Waals surface area contributed by atoms with Crippen LogP contribution in [-0.2, 0) is 11.2 Å². The largest absolute Gasteiger partial charge is 0.300 e. The Morgan fingerprint density at radius 1 is 1.39 bits per heavy atom. The molecule has 0 aliphatic heterocycles. The quantitative estimate of drug-likeness (QED) is 0.781. The average Bonchev–Trinajstić information content (AvgIpc) is 3.21. The Hall–Kier alpha value is -2.54. The van der Waals surface area contributed by atoms with Crippen molar-refractivity contribution in [3.8, 4) is 0 Å². The molecule has 0 spiro atoms. The first-order chi connectivity index (χ1) is 11.1. The van der Waals surface area contributed by atoms with Crippen LogP contribution >= 0.6 is 11.3 Å². The molecule has 1 amide bonds. The number of carbonyl (C=O) groups is 1. The molecule has 0 aliphatic rings. The van der Waals surface area contributed by atoms with Crippen LogP contribution < -0.4 is 5.32 Å². The monoisotopic (exact) mass is 330 g/mol. The molecule has 0 radical (unpaired) electrons. The van der Waals surface area contributed by atoms with Gasteiger partial charge in [0, 0.05) is 29.9 Å². The number of hydrogen-bond acceptors (Lipinski definition) is 4. The minimum absolute atomic E-state index is 0.170. The molecule has 2 heterocycles. The summed E-state index contributed by atoms with van der Waals surface area (Å²) >= 11 is 1.41. The molecule has 0 aliphatic carbocycles. The van der Waals surface area contributed by atoms with E-state index >= 15 is 0 Å². The lowest BCUT2D eigenvalue weighted by Crippen LogP contribution is -2.23. The third-order valence-corrected chi connectivity index (χ3v) is 4.29. The molecule has 118 valence electrons. The van der Waals surface area contributed by atoms with Gasteiger partial charge in [0.25, 0.3) is 5.91 Å². The summed E-state index contributed by atoms with van der Waals surface area (Å²) < 4.78 is 14.5. The first-order valence-corrected chi connectivity index (χ1v) is 7.92. The Kier molecular flexibility index (Phi) is 4.47. The molecule has 1 aromatic carbocycles. The molecule has 5 nitrogen and oxygen atoms in total. The van der Waals surface area contributed by atoms with E-state index in [0.29, 0.717) is 11.6 Å². The number of nitrogens with zero attached hydrogens (tertiary/aromatic N) is 3. The summed E-state index contributed by atoms with van der Waals surface area (Å²) in [5, 5.41) is 7.40. The van der Waals surface area contributed by atoms with Crippen molar-refractivity contribution in [3.05, 3.63) is 65.2 Å². The number of aromatic nitrogens is 3. The van der Waals surface area contributed by atoms with Gasteiger partial charge in [-0.15, -0.1) is 11.3 Å². The number of thiazole rings is 1. The minimum Gasteiger partial charge on any atom is -0.300 e. The van der Waals surface area contributed by atoms with Crippen molar-refractivity contribution in [2.24, 2.45) is 0 Å². The number of hydrogen-bond donors (Lipinski definition) is 1. The number of halogens is 1. The number of anilines is 1. The van der Waals surface area contributed by atoms with E-state index in [9.17, 15) is 9.18 Å². The zero-order valence-electron chi connectivity index (χ0n) is 12.4. The van der Waals surface area contributed by atoms with Crippen molar-refractivity contribution in [2.75, 3.05) is 5.32 Å². The molecule has 3 rings (SSSR count). The highest BCUT2D eigenvalue weighted by molar-refractivity contribution is 7.15. The first kappa shape index (κ1) is 15.4. The van der Waals surface area contributed by atoms with Gasteiger partial charge in [-0.1, -0.05) is 12.1 Å². The molecule has 0 bridgehead atoms. The van der Waals surface area contributed by atoms with Crippen LogP contribution in [0.1, 0.15) is 23.4 Å². The van der Waals surface area contributed by atoms with E-state index in [2.05, 4.69) is 15.4 Å². The molecule has 1 unspecified atom stereocenters. The van der Waals surface area contributed by atoms with Crippen molar-refractivity contribution in [1.29, 1.82) is 0 Å². The summed E-state index contributed by atoms with van der Waals surface area (Å²) in [7, 11) is 0. The molecule has 1 atom stereocenters. The number of carbonyl (C=O) groups excluding carboxylic acids is 1. The lowest BCUT2D eigenvalue weighted by Gasteiger charge is -2.10. The van der Waals surface area contributed by atoms with Crippen LogP contribution in [0.5, 0.6) is 0 Å².